The van der Waals surface area contributed by atoms with Gasteiger partial charge in [-0.15, -0.1) is 0 Å². The SMILES string of the molecule is COC(=O)N1C[C@H]1c1ccccc1. The lowest BCUT2D eigenvalue weighted by atomic mass is 10.2. The quantitative estimate of drug-likeness (QED) is 0.612. The number of methoxy groups -OCH3 is 1. The molecule has 1 heterocycles. The van der Waals surface area contributed by atoms with Crippen LogP contribution in [0.25, 0.3) is 0 Å². The number of carbonyl (C=O) groups is 1. The van der Waals surface area contributed by atoms with Crippen LogP contribution in [0, 0.1) is 0 Å². The van der Waals surface area contributed by atoms with Crippen LogP contribution in [0.4, 0.5) is 4.79 Å². The molecule has 1 aromatic rings. The molecule has 1 aliphatic rings. The molecule has 0 aromatic heterocycles. The summed E-state index contributed by atoms with van der Waals surface area (Å²) in [6, 6.07) is 10.2. The molecular formula is C10H11NO2. The van der Waals surface area contributed by atoms with Crippen molar-refractivity contribution >= 4 is 6.09 Å². The molecular weight excluding hydrogens is 166 g/mol. The third-order valence-corrected chi connectivity index (χ3v) is 2.21. The van der Waals surface area contributed by atoms with Crippen LogP contribution >= 0.6 is 0 Å². The van der Waals surface area contributed by atoms with E-state index in [0.29, 0.717) is 0 Å². The van der Waals surface area contributed by atoms with Gasteiger partial charge in [-0.2, -0.15) is 0 Å². The summed E-state index contributed by atoms with van der Waals surface area (Å²) in [5.41, 5.74) is 1.17. The van der Waals surface area contributed by atoms with E-state index in [1.165, 1.54) is 12.7 Å². The van der Waals surface area contributed by atoms with Gasteiger partial charge in [-0.3, -0.25) is 4.90 Å². The zero-order valence-electron chi connectivity index (χ0n) is 7.43. The fourth-order valence-corrected chi connectivity index (χ4v) is 1.42. The van der Waals surface area contributed by atoms with Crippen LogP contribution in [-0.2, 0) is 4.74 Å². The highest BCUT2D eigenvalue weighted by Crippen LogP contribution is 2.34. The van der Waals surface area contributed by atoms with E-state index >= 15 is 0 Å². The van der Waals surface area contributed by atoms with E-state index in [9.17, 15) is 4.79 Å². The molecule has 1 aromatic carbocycles. The zero-order chi connectivity index (χ0) is 9.26. The first-order valence-corrected chi connectivity index (χ1v) is 4.22. The minimum absolute atomic E-state index is 0.230. The molecule has 1 saturated heterocycles. The Bertz CT molecular complexity index is 310. The van der Waals surface area contributed by atoms with Crippen LogP contribution < -0.4 is 0 Å². The monoisotopic (exact) mass is 177 g/mol. The summed E-state index contributed by atoms with van der Waals surface area (Å²) in [4.78, 5) is 12.8. The summed E-state index contributed by atoms with van der Waals surface area (Å²) < 4.78 is 4.61. The largest absolute Gasteiger partial charge is 0.453 e. The molecule has 3 nitrogen and oxygen atoms in total. The maximum absolute atomic E-state index is 11.1. The molecule has 0 bridgehead atoms. The molecule has 0 saturated carbocycles. The predicted octanol–water partition coefficient (Wildman–Crippen LogP) is 1.81. The molecule has 68 valence electrons. The number of hydrogen-bond acceptors (Lipinski definition) is 2. The van der Waals surface area contributed by atoms with Crippen LogP contribution in [0.15, 0.2) is 30.3 Å². The second-order valence-corrected chi connectivity index (χ2v) is 3.05. The van der Waals surface area contributed by atoms with Gasteiger partial charge in [0, 0.05) is 6.54 Å². The molecule has 2 rings (SSSR count). The molecule has 0 unspecified atom stereocenters. The van der Waals surface area contributed by atoms with E-state index in [4.69, 9.17) is 0 Å². The predicted molar refractivity (Wildman–Crippen MR) is 48.3 cm³/mol. The van der Waals surface area contributed by atoms with Gasteiger partial charge < -0.3 is 4.74 Å². The van der Waals surface area contributed by atoms with Crippen molar-refractivity contribution in [1.82, 2.24) is 4.90 Å². The summed E-state index contributed by atoms with van der Waals surface area (Å²) in [6.07, 6.45) is -0.242. The van der Waals surface area contributed by atoms with Crippen LogP contribution in [0.1, 0.15) is 11.6 Å². The standard InChI is InChI=1S/C10H11NO2/c1-13-10(12)11-7-9(11)8-5-3-2-4-6-8/h2-6,9H,7H2,1H3/t9-,11?/m0/s1. The highest BCUT2D eigenvalue weighted by Gasteiger charge is 2.40. The molecule has 1 aliphatic heterocycles. The normalized spacial score (nSPS) is 19.8. The fraction of sp³-hybridized carbons (Fsp3) is 0.300. The second-order valence-electron chi connectivity index (χ2n) is 3.05. The van der Waals surface area contributed by atoms with Crippen LogP contribution in [0.2, 0.25) is 0 Å². The Hall–Kier alpha value is -1.51. The van der Waals surface area contributed by atoms with Gasteiger partial charge >= 0.3 is 6.09 Å². The maximum Gasteiger partial charge on any atom is 0.410 e. The van der Waals surface area contributed by atoms with Crippen molar-refractivity contribution < 1.29 is 9.53 Å². The Morgan fingerprint density at radius 1 is 1.46 bits per heavy atom. The Morgan fingerprint density at radius 2 is 2.15 bits per heavy atom. The molecule has 1 amide bonds. The maximum atomic E-state index is 11.1. The van der Waals surface area contributed by atoms with Crippen molar-refractivity contribution in [3.05, 3.63) is 35.9 Å². The topological polar surface area (TPSA) is 29.3 Å². The van der Waals surface area contributed by atoms with Crippen LogP contribution in [-0.4, -0.2) is 24.6 Å². The van der Waals surface area contributed by atoms with Gasteiger partial charge in [0.15, 0.2) is 0 Å². The van der Waals surface area contributed by atoms with E-state index < -0.39 is 0 Å². The minimum atomic E-state index is -0.242. The van der Waals surface area contributed by atoms with Gasteiger partial charge in [0.25, 0.3) is 0 Å². The third kappa shape index (κ3) is 1.49. The van der Waals surface area contributed by atoms with Crippen molar-refractivity contribution in [3.63, 3.8) is 0 Å². The van der Waals surface area contributed by atoms with Gasteiger partial charge in [0.2, 0.25) is 0 Å². The number of benzene rings is 1. The first kappa shape index (κ1) is 8.10. The Morgan fingerprint density at radius 3 is 2.77 bits per heavy atom. The van der Waals surface area contributed by atoms with E-state index in [-0.39, 0.29) is 12.1 Å². The van der Waals surface area contributed by atoms with Crippen molar-refractivity contribution in [1.29, 1.82) is 0 Å². The van der Waals surface area contributed by atoms with E-state index in [0.717, 1.165) is 6.54 Å². The van der Waals surface area contributed by atoms with Crippen molar-refractivity contribution in [2.75, 3.05) is 13.7 Å². The number of nitrogens with zero attached hydrogens (tertiary/aromatic N) is 1. The molecule has 0 radical (unpaired) electrons. The van der Waals surface area contributed by atoms with Gasteiger partial charge in [0.05, 0.1) is 13.2 Å². The molecule has 13 heavy (non-hydrogen) atoms. The molecule has 3 heteroatoms. The van der Waals surface area contributed by atoms with Crippen molar-refractivity contribution in [3.8, 4) is 0 Å². The van der Waals surface area contributed by atoms with Gasteiger partial charge in [-0.25, -0.2) is 4.79 Å². The summed E-state index contributed by atoms with van der Waals surface area (Å²) in [6.45, 7) is 0.774. The number of amides is 1. The average Bonchev–Trinajstić information content (AvgIpc) is 2.98. The van der Waals surface area contributed by atoms with Crippen molar-refractivity contribution in [2.45, 2.75) is 6.04 Å². The van der Waals surface area contributed by atoms with E-state index in [1.807, 2.05) is 30.3 Å². The number of rotatable bonds is 1. The molecule has 1 fully saturated rings. The summed E-state index contributed by atoms with van der Waals surface area (Å²) in [5, 5.41) is 0. The highest BCUT2D eigenvalue weighted by molar-refractivity contribution is 5.71. The van der Waals surface area contributed by atoms with Crippen LogP contribution in [0.5, 0.6) is 0 Å². The number of ether oxygens (including phenoxy) is 1. The lowest BCUT2D eigenvalue weighted by Gasteiger charge is -2.01. The number of hydrogen-bond donors (Lipinski definition) is 0. The average molecular weight is 177 g/mol. The van der Waals surface area contributed by atoms with Gasteiger partial charge in [0.1, 0.15) is 0 Å². The lowest BCUT2D eigenvalue weighted by molar-refractivity contribution is 0.153. The van der Waals surface area contributed by atoms with E-state index in [1.54, 1.807) is 4.90 Å². The molecule has 1 atom stereocenters. The summed E-state index contributed by atoms with van der Waals surface area (Å²) in [5.74, 6) is 0. The Balaban J connectivity index is 2.04. The van der Waals surface area contributed by atoms with Crippen molar-refractivity contribution in [2.24, 2.45) is 0 Å². The van der Waals surface area contributed by atoms with Crippen LogP contribution in [0.3, 0.4) is 0 Å². The highest BCUT2D eigenvalue weighted by atomic mass is 16.5. The fourth-order valence-electron chi connectivity index (χ4n) is 1.42. The third-order valence-electron chi connectivity index (χ3n) is 2.21. The Labute approximate surface area is 76.9 Å². The number of carbonyl (C=O) groups excluding carboxylic acids is 1. The van der Waals surface area contributed by atoms with Gasteiger partial charge in [-0.1, -0.05) is 30.3 Å². The van der Waals surface area contributed by atoms with E-state index in [2.05, 4.69) is 4.74 Å². The molecule has 0 N–H and O–H groups in total. The Kier molecular flexibility index (Phi) is 1.93. The molecule has 0 aliphatic carbocycles. The zero-order valence-corrected chi connectivity index (χ0v) is 7.43. The second kappa shape index (κ2) is 3.09. The minimum Gasteiger partial charge on any atom is -0.453 e. The van der Waals surface area contributed by atoms with Gasteiger partial charge in [-0.05, 0) is 5.56 Å². The first-order valence-electron chi connectivity index (χ1n) is 4.22. The summed E-state index contributed by atoms with van der Waals surface area (Å²) in [7, 11) is 1.41. The summed E-state index contributed by atoms with van der Waals surface area (Å²) >= 11 is 0. The molecule has 0 spiro atoms. The first-order chi connectivity index (χ1) is 6.33. The smallest absolute Gasteiger partial charge is 0.410 e. The lowest BCUT2D eigenvalue weighted by Crippen LogP contribution is -2.10.